The van der Waals surface area contributed by atoms with Crippen LogP contribution in [-0.4, -0.2) is 29.2 Å². The quantitative estimate of drug-likeness (QED) is 0.768. The Labute approximate surface area is 111 Å². The highest BCUT2D eigenvalue weighted by atomic mass is 79.9. The van der Waals surface area contributed by atoms with Gasteiger partial charge in [-0.15, -0.1) is 0 Å². The summed E-state index contributed by atoms with van der Waals surface area (Å²) in [4.78, 5) is 14.3. The minimum absolute atomic E-state index is 0.177. The fourth-order valence-corrected chi connectivity index (χ4v) is 2.73. The van der Waals surface area contributed by atoms with Crippen molar-refractivity contribution in [1.29, 1.82) is 0 Å². The van der Waals surface area contributed by atoms with Gasteiger partial charge in [-0.3, -0.25) is 4.79 Å². The number of likely N-dealkylation sites (tertiary alicyclic amines) is 1. The lowest BCUT2D eigenvalue weighted by Crippen LogP contribution is -2.28. The molecular weight excluding hydrogens is 278 g/mol. The number of carbonyl (C=O) groups is 1. The van der Waals surface area contributed by atoms with Crippen LogP contribution in [-0.2, 0) is 0 Å². The van der Waals surface area contributed by atoms with E-state index in [2.05, 4.69) is 29.8 Å². The third-order valence-corrected chi connectivity index (χ3v) is 4.46. The number of alkyl halides is 1. The number of hydrogen-bond acceptors (Lipinski definition) is 1. The highest BCUT2D eigenvalue weighted by molar-refractivity contribution is 9.09. The summed E-state index contributed by atoms with van der Waals surface area (Å²) in [5.74, 6) is 0.794. The average molecular weight is 296 g/mol. The molecule has 1 amide bonds. The molecule has 0 N–H and O–H groups in total. The molecule has 1 unspecified atom stereocenters. The minimum atomic E-state index is 0.177. The number of rotatable bonds is 2. The lowest BCUT2D eigenvalue weighted by atomic mass is 10.1. The Kier molecular flexibility index (Phi) is 3.87. The van der Waals surface area contributed by atoms with E-state index in [0.717, 1.165) is 30.4 Å². The summed E-state index contributed by atoms with van der Waals surface area (Å²) in [6, 6.07) is 5.96. The molecule has 17 heavy (non-hydrogen) atoms. The molecular formula is C14H18BrNO. The van der Waals surface area contributed by atoms with Gasteiger partial charge >= 0.3 is 0 Å². The van der Waals surface area contributed by atoms with Gasteiger partial charge in [0, 0.05) is 24.0 Å². The van der Waals surface area contributed by atoms with Gasteiger partial charge in [-0.1, -0.05) is 22.0 Å². The number of nitrogens with zero attached hydrogens (tertiary/aromatic N) is 1. The number of amides is 1. The van der Waals surface area contributed by atoms with E-state index in [1.54, 1.807) is 0 Å². The van der Waals surface area contributed by atoms with Crippen LogP contribution < -0.4 is 0 Å². The Morgan fingerprint density at radius 2 is 2.18 bits per heavy atom. The molecule has 0 aliphatic carbocycles. The van der Waals surface area contributed by atoms with Crippen molar-refractivity contribution in [3.63, 3.8) is 0 Å². The van der Waals surface area contributed by atoms with E-state index < -0.39 is 0 Å². The second-order valence-electron chi connectivity index (χ2n) is 4.86. The van der Waals surface area contributed by atoms with Gasteiger partial charge in [-0.25, -0.2) is 0 Å². The molecule has 0 bridgehead atoms. The summed E-state index contributed by atoms with van der Waals surface area (Å²) in [6.07, 6.45) is 1.11. The van der Waals surface area contributed by atoms with Gasteiger partial charge in [0.05, 0.1) is 0 Å². The third kappa shape index (κ3) is 2.71. The van der Waals surface area contributed by atoms with E-state index in [1.807, 2.05) is 23.1 Å². The lowest BCUT2D eigenvalue weighted by molar-refractivity contribution is 0.0788. The van der Waals surface area contributed by atoms with E-state index in [9.17, 15) is 4.79 Å². The normalized spacial score (nSPS) is 19.7. The van der Waals surface area contributed by atoms with Crippen LogP contribution in [0.4, 0.5) is 0 Å². The number of hydrogen-bond donors (Lipinski definition) is 0. The first kappa shape index (κ1) is 12.6. The van der Waals surface area contributed by atoms with Crippen molar-refractivity contribution in [2.75, 3.05) is 18.4 Å². The number of carbonyl (C=O) groups excluding carboxylic acids is 1. The first-order valence-corrected chi connectivity index (χ1v) is 7.16. The second-order valence-corrected chi connectivity index (χ2v) is 5.51. The molecule has 2 rings (SSSR count). The zero-order valence-electron chi connectivity index (χ0n) is 10.4. The summed E-state index contributed by atoms with van der Waals surface area (Å²) < 4.78 is 0. The second kappa shape index (κ2) is 5.21. The lowest BCUT2D eigenvalue weighted by Gasteiger charge is -2.16. The topological polar surface area (TPSA) is 20.3 Å². The van der Waals surface area contributed by atoms with Crippen LogP contribution in [0.3, 0.4) is 0 Å². The molecule has 1 aliphatic rings. The monoisotopic (exact) mass is 295 g/mol. The predicted molar refractivity (Wildman–Crippen MR) is 73.7 cm³/mol. The maximum absolute atomic E-state index is 12.3. The molecule has 3 heteroatoms. The highest BCUT2D eigenvalue weighted by Gasteiger charge is 2.26. The fraction of sp³-hybridized carbons (Fsp3) is 0.500. The summed E-state index contributed by atoms with van der Waals surface area (Å²) in [5, 5.41) is 0.990. The zero-order valence-corrected chi connectivity index (χ0v) is 12.0. The van der Waals surface area contributed by atoms with Crippen molar-refractivity contribution in [3.05, 3.63) is 34.9 Å². The molecule has 1 aliphatic heterocycles. The van der Waals surface area contributed by atoms with Crippen LogP contribution in [0, 0.1) is 19.8 Å². The van der Waals surface area contributed by atoms with Crippen LogP contribution in [0.15, 0.2) is 18.2 Å². The minimum Gasteiger partial charge on any atom is -0.338 e. The van der Waals surface area contributed by atoms with Gasteiger partial charge in [-0.05, 0) is 49.4 Å². The Bertz CT molecular complexity index is 430. The van der Waals surface area contributed by atoms with E-state index >= 15 is 0 Å². The fourth-order valence-electron chi connectivity index (χ4n) is 2.20. The van der Waals surface area contributed by atoms with Crippen LogP contribution in [0.1, 0.15) is 27.9 Å². The van der Waals surface area contributed by atoms with Crippen molar-refractivity contribution < 1.29 is 4.79 Å². The summed E-state index contributed by atoms with van der Waals surface area (Å²) in [6.45, 7) is 5.90. The Hall–Kier alpha value is -0.830. The van der Waals surface area contributed by atoms with Crippen LogP contribution >= 0.6 is 15.9 Å². The van der Waals surface area contributed by atoms with Crippen LogP contribution in [0.25, 0.3) is 0 Å². The molecule has 1 aromatic carbocycles. The third-order valence-electron chi connectivity index (χ3n) is 3.55. The standard InChI is InChI=1S/C14H18BrNO/c1-10-3-4-13(7-11(10)2)14(17)16-6-5-12(8-15)9-16/h3-4,7,12H,5-6,8-9H2,1-2H3. The van der Waals surface area contributed by atoms with Crippen LogP contribution in [0.2, 0.25) is 0 Å². The van der Waals surface area contributed by atoms with Gasteiger partial charge in [0.2, 0.25) is 0 Å². The van der Waals surface area contributed by atoms with E-state index in [-0.39, 0.29) is 5.91 Å². The zero-order chi connectivity index (χ0) is 12.4. The molecule has 2 nitrogen and oxygen atoms in total. The molecule has 1 saturated heterocycles. The van der Waals surface area contributed by atoms with Crippen LogP contribution in [0.5, 0.6) is 0 Å². The Morgan fingerprint density at radius 1 is 1.41 bits per heavy atom. The molecule has 0 spiro atoms. The maximum atomic E-state index is 12.3. The van der Waals surface area contributed by atoms with Gasteiger partial charge < -0.3 is 4.90 Å². The largest absolute Gasteiger partial charge is 0.338 e. The van der Waals surface area contributed by atoms with E-state index in [4.69, 9.17) is 0 Å². The summed E-state index contributed by atoms with van der Waals surface area (Å²) in [5.41, 5.74) is 3.25. The number of benzene rings is 1. The molecule has 1 fully saturated rings. The Balaban J connectivity index is 2.12. The predicted octanol–water partition coefficient (Wildman–Crippen LogP) is 3.16. The van der Waals surface area contributed by atoms with Crippen molar-refractivity contribution in [2.24, 2.45) is 5.92 Å². The first-order valence-electron chi connectivity index (χ1n) is 6.04. The highest BCUT2D eigenvalue weighted by Crippen LogP contribution is 2.21. The molecule has 0 saturated carbocycles. The first-order chi connectivity index (χ1) is 8.11. The van der Waals surface area contributed by atoms with E-state index in [1.165, 1.54) is 11.1 Å². The summed E-state index contributed by atoms with van der Waals surface area (Å²) >= 11 is 3.49. The van der Waals surface area contributed by atoms with E-state index in [0.29, 0.717) is 5.92 Å². The molecule has 0 aromatic heterocycles. The average Bonchev–Trinajstić information content (AvgIpc) is 2.80. The molecule has 92 valence electrons. The van der Waals surface area contributed by atoms with Crippen molar-refractivity contribution in [3.8, 4) is 0 Å². The SMILES string of the molecule is Cc1ccc(C(=O)N2CCC(CBr)C2)cc1C. The van der Waals surface area contributed by atoms with Gasteiger partial charge in [0.25, 0.3) is 5.91 Å². The van der Waals surface area contributed by atoms with Crippen molar-refractivity contribution in [1.82, 2.24) is 4.90 Å². The molecule has 1 aromatic rings. The van der Waals surface area contributed by atoms with Gasteiger partial charge in [-0.2, -0.15) is 0 Å². The molecule has 1 heterocycles. The van der Waals surface area contributed by atoms with Crippen molar-refractivity contribution >= 4 is 21.8 Å². The van der Waals surface area contributed by atoms with Gasteiger partial charge in [0.1, 0.15) is 0 Å². The number of aryl methyl sites for hydroxylation is 2. The number of halogens is 1. The molecule has 1 atom stereocenters. The smallest absolute Gasteiger partial charge is 0.253 e. The van der Waals surface area contributed by atoms with Crippen molar-refractivity contribution in [2.45, 2.75) is 20.3 Å². The Morgan fingerprint density at radius 3 is 2.76 bits per heavy atom. The van der Waals surface area contributed by atoms with Gasteiger partial charge in [0.15, 0.2) is 0 Å². The maximum Gasteiger partial charge on any atom is 0.253 e. The molecule has 0 radical (unpaired) electrons. The summed E-state index contributed by atoms with van der Waals surface area (Å²) in [7, 11) is 0.